The van der Waals surface area contributed by atoms with Crippen LogP contribution in [-0.2, 0) is 16.1 Å². The predicted molar refractivity (Wildman–Crippen MR) is 232 cm³/mol. The van der Waals surface area contributed by atoms with Crippen molar-refractivity contribution in [2.24, 2.45) is 16.7 Å². The van der Waals surface area contributed by atoms with Crippen LogP contribution < -0.4 is 25.2 Å². The zero-order chi connectivity index (χ0) is 43.5. The number of piperidine rings is 2. The third-order valence-electron chi connectivity index (χ3n) is 14.1. The molecule has 1 saturated carbocycles. The summed E-state index contributed by atoms with van der Waals surface area (Å²) in [5.74, 6) is -0.436. The molecule has 3 saturated heterocycles. The maximum absolute atomic E-state index is 15.8. The fourth-order valence-electron chi connectivity index (χ4n) is 11.1. The van der Waals surface area contributed by atoms with E-state index in [4.69, 9.17) is 4.74 Å². The van der Waals surface area contributed by atoms with Crippen LogP contribution in [0.15, 0.2) is 66.9 Å². The molecule has 4 fully saturated rings. The van der Waals surface area contributed by atoms with Gasteiger partial charge < -0.3 is 24.8 Å². The number of nitrogens with one attached hydrogen (secondary N) is 2. The number of hydrogen-bond donors (Lipinski definition) is 2. The number of rotatable bonds is 9. The van der Waals surface area contributed by atoms with Crippen LogP contribution in [0.5, 0.6) is 5.75 Å². The van der Waals surface area contributed by atoms with Crippen LogP contribution in [0.2, 0.25) is 0 Å². The highest BCUT2D eigenvalue weighted by Crippen LogP contribution is 2.56. The predicted octanol–water partition coefficient (Wildman–Crippen LogP) is 5.66. The van der Waals surface area contributed by atoms with Gasteiger partial charge in [-0.3, -0.25) is 34.4 Å². The minimum Gasteiger partial charge on any atom is -0.488 e. The molecule has 1 aromatic heterocycles. The van der Waals surface area contributed by atoms with Gasteiger partial charge in [0, 0.05) is 104 Å². The third kappa shape index (κ3) is 7.40. The molecular weight excluding hydrogens is 788 g/mol. The fourth-order valence-corrected chi connectivity index (χ4v) is 11.1. The van der Waals surface area contributed by atoms with E-state index in [0.717, 1.165) is 75.3 Å². The highest BCUT2D eigenvalue weighted by molar-refractivity contribution is 6.05. The number of hydrogen-bond acceptors (Lipinski definition) is 10. The second-order valence-corrected chi connectivity index (χ2v) is 18.8. The van der Waals surface area contributed by atoms with E-state index in [1.54, 1.807) is 29.3 Å². The first-order chi connectivity index (χ1) is 29.7. The zero-order valence-corrected chi connectivity index (χ0v) is 35.7. The van der Waals surface area contributed by atoms with Crippen molar-refractivity contribution in [1.29, 1.82) is 5.26 Å². The minimum absolute atomic E-state index is 0.159. The molecule has 322 valence electrons. The van der Waals surface area contributed by atoms with Crippen LogP contribution in [0.25, 0.3) is 10.9 Å². The molecule has 1 atom stereocenters. The Morgan fingerprint density at radius 2 is 1.69 bits per heavy atom. The summed E-state index contributed by atoms with van der Waals surface area (Å²) in [7, 11) is 0. The second-order valence-electron chi connectivity index (χ2n) is 18.8. The fraction of sp³-hybridized carbons (Fsp3) is 0.458. The molecule has 9 rings (SSSR count). The number of carbonyl (C=O) groups excluding carboxylic acids is 4. The van der Waals surface area contributed by atoms with E-state index in [1.165, 1.54) is 6.07 Å². The van der Waals surface area contributed by atoms with Crippen LogP contribution in [-0.4, -0.2) is 102 Å². The van der Waals surface area contributed by atoms with Gasteiger partial charge in [0.05, 0.1) is 16.8 Å². The molecule has 4 aromatic rings. The summed E-state index contributed by atoms with van der Waals surface area (Å²) in [4.78, 5) is 63.8. The Balaban J connectivity index is 0.748. The van der Waals surface area contributed by atoms with Crippen molar-refractivity contribution in [2.75, 3.05) is 55.6 Å². The average molecular weight is 841 g/mol. The number of imide groups is 1. The van der Waals surface area contributed by atoms with E-state index in [9.17, 15) is 24.4 Å². The second kappa shape index (κ2) is 16.0. The maximum Gasteiger partial charge on any atom is 0.255 e. The standard InChI is InChI=1S/C48H53FN8O5/c1-47(2)45(48(3,4)46(47)62-39-13-8-31(26-50)41-35(39)6-5-17-51-41)53-42(59)30-7-11-37(36(49)25-30)56-18-15-29(16-19-56)27-54-20-22-55(23-21-54)33-9-10-34-32(24-33)28-57(44(34)61)38-12-14-40(58)52-43(38)60/h5-11,13,17,24-25,29,38,45-46H,12,14-16,18-23,27-28H2,1-4H3,(H,53,59)(H,52,58,60)/t38?,45-,46-. The van der Waals surface area contributed by atoms with Crippen molar-refractivity contribution in [2.45, 2.75) is 78.1 Å². The summed E-state index contributed by atoms with van der Waals surface area (Å²) in [6.45, 7) is 14.7. The van der Waals surface area contributed by atoms with Crippen molar-refractivity contribution in [3.05, 3.63) is 94.9 Å². The SMILES string of the molecule is CC1(C)[C@H](NC(=O)c2ccc(N3CCC(CN4CCN(c5ccc6c(c5)CN(C5CCC(=O)NC5=O)C6=O)CC4)CC3)c(F)c2)C(C)(C)[C@H]1Oc1ccc(C#N)c2ncccc12. The van der Waals surface area contributed by atoms with Crippen molar-refractivity contribution < 1.29 is 28.3 Å². The number of amides is 4. The Hall–Kier alpha value is -6.07. The van der Waals surface area contributed by atoms with Gasteiger partial charge in [-0.1, -0.05) is 27.7 Å². The molecule has 0 bridgehead atoms. The van der Waals surface area contributed by atoms with Gasteiger partial charge in [-0.2, -0.15) is 5.26 Å². The Morgan fingerprint density at radius 1 is 0.935 bits per heavy atom. The first-order valence-electron chi connectivity index (χ1n) is 21.8. The normalized spacial score (nSPS) is 23.7. The Labute approximate surface area is 361 Å². The summed E-state index contributed by atoms with van der Waals surface area (Å²) >= 11 is 0. The highest BCUT2D eigenvalue weighted by atomic mass is 19.1. The molecule has 4 amide bonds. The van der Waals surface area contributed by atoms with Crippen LogP contribution in [0.4, 0.5) is 15.8 Å². The van der Waals surface area contributed by atoms with Crippen molar-refractivity contribution in [1.82, 2.24) is 25.4 Å². The van der Waals surface area contributed by atoms with Gasteiger partial charge >= 0.3 is 0 Å². The van der Waals surface area contributed by atoms with E-state index < -0.39 is 28.6 Å². The number of ether oxygens (including phenoxy) is 1. The van der Waals surface area contributed by atoms with Crippen LogP contribution in [0.3, 0.4) is 0 Å². The molecule has 5 heterocycles. The van der Waals surface area contributed by atoms with Gasteiger partial charge in [-0.15, -0.1) is 0 Å². The highest BCUT2D eigenvalue weighted by Gasteiger charge is 2.64. The molecule has 62 heavy (non-hydrogen) atoms. The van der Waals surface area contributed by atoms with Gasteiger partial charge in [-0.25, -0.2) is 4.39 Å². The monoisotopic (exact) mass is 840 g/mol. The van der Waals surface area contributed by atoms with E-state index in [1.807, 2.05) is 30.3 Å². The zero-order valence-electron chi connectivity index (χ0n) is 35.7. The lowest BCUT2D eigenvalue weighted by Gasteiger charge is -2.63. The lowest BCUT2D eigenvalue weighted by molar-refractivity contribution is -0.163. The van der Waals surface area contributed by atoms with Gasteiger partial charge in [0.15, 0.2) is 0 Å². The first-order valence-corrected chi connectivity index (χ1v) is 21.8. The van der Waals surface area contributed by atoms with Crippen LogP contribution >= 0.6 is 0 Å². The number of benzene rings is 3. The third-order valence-corrected chi connectivity index (χ3v) is 14.1. The van der Waals surface area contributed by atoms with Gasteiger partial charge in [0.1, 0.15) is 29.8 Å². The number of pyridine rings is 1. The molecule has 1 aliphatic carbocycles. The Kier molecular flexibility index (Phi) is 10.7. The molecule has 4 aliphatic heterocycles. The average Bonchev–Trinajstić information content (AvgIpc) is 3.59. The summed E-state index contributed by atoms with van der Waals surface area (Å²) in [5.41, 5.74) is 3.58. The molecule has 14 heteroatoms. The molecule has 0 radical (unpaired) electrons. The molecule has 0 spiro atoms. The summed E-state index contributed by atoms with van der Waals surface area (Å²) < 4.78 is 22.4. The quantitative estimate of drug-likeness (QED) is 0.202. The smallest absolute Gasteiger partial charge is 0.255 e. The topological polar surface area (TPSA) is 151 Å². The van der Waals surface area contributed by atoms with Crippen molar-refractivity contribution >= 4 is 45.9 Å². The van der Waals surface area contributed by atoms with Crippen LogP contribution in [0, 0.1) is 33.9 Å². The number of carbonyl (C=O) groups is 4. The molecular formula is C48H53FN8O5. The maximum atomic E-state index is 15.8. The Bertz CT molecular complexity index is 2490. The largest absolute Gasteiger partial charge is 0.488 e. The minimum atomic E-state index is -0.622. The molecule has 13 nitrogen and oxygen atoms in total. The number of halogens is 1. The number of piperazine rings is 1. The lowest BCUT2D eigenvalue weighted by Crippen LogP contribution is -2.74. The van der Waals surface area contributed by atoms with Gasteiger partial charge in [-0.05, 0) is 91.4 Å². The van der Waals surface area contributed by atoms with E-state index in [0.29, 0.717) is 47.0 Å². The summed E-state index contributed by atoms with van der Waals surface area (Å²) in [5, 5.41) is 15.9. The number of nitriles is 1. The van der Waals surface area contributed by atoms with E-state index >= 15 is 4.39 Å². The van der Waals surface area contributed by atoms with Gasteiger partial charge in [0.25, 0.3) is 11.8 Å². The molecule has 3 aromatic carbocycles. The van der Waals surface area contributed by atoms with E-state index in [2.05, 4.69) is 70.1 Å². The van der Waals surface area contributed by atoms with Crippen molar-refractivity contribution in [3.63, 3.8) is 0 Å². The summed E-state index contributed by atoms with van der Waals surface area (Å²) in [6, 6.07) is 19.3. The lowest BCUT2D eigenvalue weighted by atomic mass is 9.49. The number of fused-ring (bicyclic) bond motifs is 2. The van der Waals surface area contributed by atoms with E-state index in [-0.39, 0.29) is 41.9 Å². The van der Waals surface area contributed by atoms with Crippen molar-refractivity contribution in [3.8, 4) is 11.8 Å². The first kappa shape index (κ1) is 41.3. The molecule has 5 aliphatic rings. The number of anilines is 2. The molecule has 1 unspecified atom stereocenters. The molecule has 2 N–H and O–H groups in total. The number of nitrogens with zero attached hydrogens (tertiary/aromatic N) is 6. The number of aromatic nitrogens is 1. The van der Waals surface area contributed by atoms with Gasteiger partial charge in [0.2, 0.25) is 11.8 Å². The summed E-state index contributed by atoms with van der Waals surface area (Å²) in [6.07, 6.45) is 3.89. The van der Waals surface area contributed by atoms with Crippen LogP contribution in [0.1, 0.15) is 85.2 Å². The Morgan fingerprint density at radius 3 is 2.40 bits per heavy atom.